The van der Waals surface area contributed by atoms with Gasteiger partial charge in [-0.25, -0.2) is 4.98 Å². The predicted molar refractivity (Wildman–Crippen MR) is 97.8 cm³/mol. The van der Waals surface area contributed by atoms with Gasteiger partial charge in [-0.05, 0) is 31.9 Å². The Kier molecular flexibility index (Phi) is 4.05. The standard InChI is InChI=1S/C18H18ClN5O/c1-11-9-16(22-14-3-2-8-20-18(14)25)24-17(21-11)10-15(23-24)12-4-6-13(19)7-5-12/h4-7,9-10,14,22H,2-3,8H2,1H3,(H,20,25). The first-order valence-corrected chi connectivity index (χ1v) is 8.65. The van der Waals surface area contributed by atoms with Crippen LogP contribution in [0.25, 0.3) is 16.9 Å². The number of benzene rings is 1. The molecule has 2 aromatic heterocycles. The van der Waals surface area contributed by atoms with Gasteiger partial charge in [0.2, 0.25) is 5.91 Å². The van der Waals surface area contributed by atoms with Crippen LogP contribution in [0.5, 0.6) is 0 Å². The van der Waals surface area contributed by atoms with E-state index in [0.717, 1.165) is 47.8 Å². The van der Waals surface area contributed by atoms with Crippen molar-refractivity contribution < 1.29 is 4.79 Å². The highest BCUT2D eigenvalue weighted by Crippen LogP contribution is 2.24. The summed E-state index contributed by atoms with van der Waals surface area (Å²) in [6, 6.07) is 11.1. The molecule has 1 aliphatic heterocycles. The van der Waals surface area contributed by atoms with Crippen LogP contribution in [0.4, 0.5) is 5.82 Å². The number of aryl methyl sites for hydroxylation is 1. The zero-order chi connectivity index (χ0) is 17.4. The molecule has 0 spiro atoms. The fourth-order valence-corrected chi connectivity index (χ4v) is 3.18. The number of nitrogens with zero attached hydrogens (tertiary/aromatic N) is 3. The van der Waals surface area contributed by atoms with Crippen LogP contribution in [-0.4, -0.2) is 33.1 Å². The summed E-state index contributed by atoms with van der Waals surface area (Å²) in [6.45, 7) is 2.67. The zero-order valence-corrected chi connectivity index (χ0v) is 14.5. The lowest BCUT2D eigenvalue weighted by Gasteiger charge is -2.23. The van der Waals surface area contributed by atoms with Crippen molar-refractivity contribution in [3.8, 4) is 11.3 Å². The molecule has 1 amide bonds. The predicted octanol–water partition coefficient (Wildman–Crippen LogP) is 3.05. The minimum Gasteiger partial charge on any atom is -0.358 e. The molecule has 4 rings (SSSR count). The van der Waals surface area contributed by atoms with E-state index < -0.39 is 0 Å². The maximum Gasteiger partial charge on any atom is 0.242 e. The Labute approximate surface area is 150 Å². The molecule has 6 nitrogen and oxygen atoms in total. The van der Waals surface area contributed by atoms with Crippen LogP contribution in [0.3, 0.4) is 0 Å². The normalized spacial score (nSPS) is 17.5. The zero-order valence-electron chi connectivity index (χ0n) is 13.8. The van der Waals surface area contributed by atoms with Crippen LogP contribution in [0.15, 0.2) is 36.4 Å². The van der Waals surface area contributed by atoms with Gasteiger partial charge in [-0.2, -0.15) is 9.61 Å². The fraction of sp³-hybridized carbons (Fsp3) is 0.278. The van der Waals surface area contributed by atoms with E-state index in [1.807, 2.05) is 43.3 Å². The number of carbonyl (C=O) groups is 1. The second kappa shape index (κ2) is 6.37. The van der Waals surface area contributed by atoms with Crippen molar-refractivity contribution in [1.29, 1.82) is 0 Å². The van der Waals surface area contributed by atoms with Crippen LogP contribution in [0.2, 0.25) is 5.02 Å². The molecular weight excluding hydrogens is 338 g/mol. The monoisotopic (exact) mass is 355 g/mol. The van der Waals surface area contributed by atoms with Gasteiger partial charge in [0.15, 0.2) is 5.65 Å². The van der Waals surface area contributed by atoms with Gasteiger partial charge < -0.3 is 10.6 Å². The van der Waals surface area contributed by atoms with E-state index in [1.165, 1.54) is 0 Å². The lowest BCUT2D eigenvalue weighted by molar-refractivity contribution is -0.123. The Balaban J connectivity index is 1.73. The molecule has 3 aromatic rings. The maximum atomic E-state index is 12.0. The smallest absolute Gasteiger partial charge is 0.242 e. The Morgan fingerprint density at radius 3 is 2.84 bits per heavy atom. The molecule has 0 saturated carbocycles. The number of carbonyl (C=O) groups excluding carboxylic acids is 1. The van der Waals surface area contributed by atoms with Crippen LogP contribution in [-0.2, 0) is 4.79 Å². The SMILES string of the molecule is Cc1cc(NC2CCCNC2=O)n2nc(-c3ccc(Cl)cc3)cc2n1. The number of hydrogen-bond donors (Lipinski definition) is 2. The Bertz CT molecular complexity index is 935. The first-order valence-electron chi connectivity index (χ1n) is 8.28. The van der Waals surface area contributed by atoms with Crippen molar-refractivity contribution in [2.75, 3.05) is 11.9 Å². The van der Waals surface area contributed by atoms with Crippen molar-refractivity contribution in [2.45, 2.75) is 25.8 Å². The second-order valence-electron chi connectivity index (χ2n) is 6.22. The molecule has 1 atom stereocenters. The van der Waals surface area contributed by atoms with E-state index >= 15 is 0 Å². The molecule has 1 aromatic carbocycles. The number of piperidine rings is 1. The third-order valence-corrected chi connectivity index (χ3v) is 4.55. The minimum absolute atomic E-state index is 0.0268. The number of amides is 1. The van der Waals surface area contributed by atoms with Crippen molar-refractivity contribution in [2.24, 2.45) is 0 Å². The lowest BCUT2D eigenvalue weighted by atomic mass is 10.1. The molecule has 25 heavy (non-hydrogen) atoms. The van der Waals surface area contributed by atoms with Crippen LogP contribution < -0.4 is 10.6 Å². The fourth-order valence-electron chi connectivity index (χ4n) is 3.05. The first-order chi connectivity index (χ1) is 12.1. The summed E-state index contributed by atoms with van der Waals surface area (Å²) in [4.78, 5) is 16.6. The van der Waals surface area contributed by atoms with E-state index in [0.29, 0.717) is 5.02 Å². The molecule has 1 unspecified atom stereocenters. The van der Waals surface area contributed by atoms with Crippen molar-refractivity contribution in [1.82, 2.24) is 19.9 Å². The van der Waals surface area contributed by atoms with Gasteiger partial charge in [0, 0.05) is 35.0 Å². The largest absolute Gasteiger partial charge is 0.358 e. The first kappa shape index (κ1) is 15.9. The highest BCUT2D eigenvalue weighted by atomic mass is 35.5. The molecule has 2 N–H and O–H groups in total. The quantitative estimate of drug-likeness (QED) is 0.757. The summed E-state index contributed by atoms with van der Waals surface area (Å²) >= 11 is 5.96. The van der Waals surface area contributed by atoms with Gasteiger partial charge in [0.1, 0.15) is 11.9 Å². The molecule has 3 heterocycles. The van der Waals surface area contributed by atoms with Crippen LogP contribution in [0.1, 0.15) is 18.5 Å². The summed E-state index contributed by atoms with van der Waals surface area (Å²) in [5.74, 6) is 0.795. The molecule has 1 saturated heterocycles. The van der Waals surface area contributed by atoms with Crippen LogP contribution in [0, 0.1) is 6.92 Å². The summed E-state index contributed by atoms with van der Waals surface area (Å²) in [6.07, 6.45) is 1.77. The third kappa shape index (κ3) is 3.17. The van der Waals surface area contributed by atoms with Gasteiger partial charge in [0.25, 0.3) is 0 Å². The Hall–Kier alpha value is -2.60. The molecule has 0 radical (unpaired) electrons. The molecule has 128 valence electrons. The number of anilines is 1. The van der Waals surface area contributed by atoms with Gasteiger partial charge in [-0.15, -0.1) is 0 Å². The molecule has 1 aliphatic rings. The number of fused-ring (bicyclic) bond motifs is 1. The number of halogens is 1. The number of aromatic nitrogens is 3. The van der Waals surface area contributed by atoms with Gasteiger partial charge >= 0.3 is 0 Å². The molecule has 0 aliphatic carbocycles. The highest BCUT2D eigenvalue weighted by molar-refractivity contribution is 6.30. The van der Waals surface area contributed by atoms with Gasteiger partial charge in [-0.1, -0.05) is 23.7 Å². The maximum absolute atomic E-state index is 12.0. The summed E-state index contributed by atoms with van der Waals surface area (Å²) in [7, 11) is 0. The van der Waals surface area contributed by atoms with E-state index in [9.17, 15) is 4.79 Å². The second-order valence-corrected chi connectivity index (χ2v) is 6.66. The van der Waals surface area contributed by atoms with Crippen LogP contribution >= 0.6 is 11.6 Å². The topological polar surface area (TPSA) is 71.3 Å². The van der Waals surface area contributed by atoms with E-state index in [1.54, 1.807) is 4.52 Å². The summed E-state index contributed by atoms with van der Waals surface area (Å²) < 4.78 is 1.75. The molecular formula is C18H18ClN5O. The molecule has 1 fully saturated rings. The van der Waals surface area contributed by atoms with E-state index in [-0.39, 0.29) is 11.9 Å². The van der Waals surface area contributed by atoms with Crippen molar-refractivity contribution >= 4 is 29.0 Å². The Morgan fingerprint density at radius 2 is 2.08 bits per heavy atom. The van der Waals surface area contributed by atoms with Crippen molar-refractivity contribution in [3.05, 3.63) is 47.1 Å². The summed E-state index contributed by atoms with van der Waals surface area (Å²) in [5.41, 5.74) is 3.39. The minimum atomic E-state index is -0.248. The highest BCUT2D eigenvalue weighted by Gasteiger charge is 2.23. The average Bonchev–Trinajstić information content (AvgIpc) is 3.01. The molecule has 7 heteroatoms. The van der Waals surface area contributed by atoms with Crippen molar-refractivity contribution in [3.63, 3.8) is 0 Å². The number of rotatable bonds is 3. The van der Waals surface area contributed by atoms with Gasteiger partial charge in [-0.3, -0.25) is 4.79 Å². The molecule has 0 bridgehead atoms. The Morgan fingerprint density at radius 1 is 1.28 bits per heavy atom. The third-order valence-electron chi connectivity index (χ3n) is 4.30. The van der Waals surface area contributed by atoms with E-state index in [4.69, 9.17) is 11.6 Å². The van der Waals surface area contributed by atoms with Gasteiger partial charge in [0.05, 0.1) is 5.69 Å². The number of nitrogens with one attached hydrogen (secondary N) is 2. The lowest BCUT2D eigenvalue weighted by Crippen LogP contribution is -2.44. The van der Waals surface area contributed by atoms with E-state index in [2.05, 4.69) is 20.7 Å². The number of hydrogen-bond acceptors (Lipinski definition) is 4. The average molecular weight is 356 g/mol. The summed E-state index contributed by atoms with van der Waals surface area (Å²) in [5, 5.41) is 11.6.